The van der Waals surface area contributed by atoms with E-state index in [2.05, 4.69) is 0 Å². The SMILES string of the molecule is CCN1C(=O)CN(C)C(=O)c2c1sc1c2CCN(C(=O)COCC2CCCO2)C1. The number of rotatable bonds is 5. The Bertz CT molecular complexity index is 817. The smallest absolute Gasteiger partial charge is 0.257 e. The number of ether oxygens (including phenoxy) is 2. The lowest BCUT2D eigenvalue weighted by Crippen LogP contribution is -2.39. The molecule has 1 unspecified atom stereocenters. The van der Waals surface area contributed by atoms with Crippen molar-refractivity contribution in [2.45, 2.75) is 38.8 Å². The number of carbonyl (C=O) groups is 3. The minimum Gasteiger partial charge on any atom is -0.376 e. The van der Waals surface area contributed by atoms with Crippen LogP contribution in [-0.2, 0) is 32.0 Å². The molecule has 3 aliphatic rings. The van der Waals surface area contributed by atoms with Gasteiger partial charge in [0.25, 0.3) is 5.91 Å². The van der Waals surface area contributed by atoms with Crippen LogP contribution in [0.4, 0.5) is 5.00 Å². The van der Waals surface area contributed by atoms with Crippen LogP contribution in [0, 0.1) is 0 Å². The standard InChI is InChI=1S/C20H27N3O5S/c1-3-23-16(24)10-21(2)19(26)18-14-6-7-22(9-15(14)29-20(18)23)17(25)12-27-11-13-5-4-8-28-13/h13H,3-12H2,1-2H3. The maximum atomic E-state index is 12.9. The maximum absolute atomic E-state index is 12.9. The summed E-state index contributed by atoms with van der Waals surface area (Å²) in [6.07, 6.45) is 2.75. The third kappa shape index (κ3) is 3.91. The van der Waals surface area contributed by atoms with Crippen molar-refractivity contribution in [3.8, 4) is 0 Å². The number of likely N-dealkylation sites (N-methyl/N-ethyl adjacent to an activating group) is 2. The molecule has 3 aliphatic heterocycles. The van der Waals surface area contributed by atoms with Crippen molar-refractivity contribution < 1.29 is 23.9 Å². The van der Waals surface area contributed by atoms with E-state index in [1.54, 1.807) is 16.8 Å². The highest BCUT2D eigenvalue weighted by Crippen LogP contribution is 2.41. The average molecular weight is 422 g/mol. The van der Waals surface area contributed by atoms with E-state index >= 15 is 0 Å². The number of hydrogen-bond donors (Lipinski definition) is 0. The number of hydrogen-bond acceptors (Lipinski definition) is 6. The maximum Gasteiger partial charge on any atom is 0.257 e. The van der Waals surface area contributed by atoms with E-state index in [1.807, 2.05) is 6.92 Å². The van der Waals surface area contributed by atoms with Gasteiger partial charge in [0, 0.05) is 31.6 Å². The first kappa shape index (κ1) is 20.3. The highest BCUT2D eigenvalue weighted by molar-refractivity contribution is 7.17. The molecule has 4 rings (SSSR count). The van der Waals surface area contributed by atoms with Crippen molar-refractivity contribution in [2.75, 3.05) is 51.4 Å². The van der Waals surface area contributed by atoms with Gasteiger partial charge in [-0.15, -0.1) is 11.3 Å². The van der Waals surface area contributed by atoms with Gasteiger partial charge in [-0.1, -0.05) is 0 Å². The molecular formula is C20H27N3O5S. The second-order valence-corrected chi connectivity index (χ2v) is 8.78. The van der Waals surface area contributed by atoms with E-state index in [0.717, 1.165) is 34.9 Å². The Kier molecular flexibility index (Phi) is 5.89. The van der Waals surface area contributed by atoms with Crippen LogP contribution in [0.15, 0.2) is 0 Å². The van der Waals surface area contributed by atoms with E-state index in [9.17, 15) is 14.4 Å². The fourth-order valence-corrected chi connectivity index (χ4v) is 5.58. The van der Waals surface area contributed by atoms with E-state index in [-0.39, 0.29) is 37.0 Å². The van der Waals surface area contributed by atoms with Crippen LogP contribution in [0.25, 0.3) is 0 Å². The van der Waals surface area contributed by atoms with Gasteiger partial charge in [0.15, 0.2) is 0 Å². The lowest BCUT2D eigenvalue weighted by atomic mass is 10.0. The predicted molar refractivity (Wildman–Crippen MR) is 108 cm³/mol. The second-order valence-electron chi connectivity index (χ2n) is 7.70. The summed E-state index contributed by atoms with van der Waals surface area (Å²) in [5.41, 5.74) is 1.63. The third-order valence-corrected chi connectivity index (χ3v) is 6.98. The molecule has 0 N–H and O–H groups in total. The Balaban J connectivity index is 1.47. The molecule has 1 aromatic heterocycles. The van der Waals surface area contributed by atoms with E-state index in [1.165, 1.54) is 16.2 Å². The summed E-state index contributed by atoms with van der Waals surface area (Å²) in [7, 11) is 1.66. The fourth-order valence-electron chi connectivity index (χ4n) is 4.14. The summed E-state index contributed by atoms with van der Waals surface area (Å²) in [5.74, 6) is -0.234. The molecule has 1 aromatic rings. The number of carbonyl (C=O) groups excluding carboxylic acids is 3. The summed E-state index contributed by atoms with van der Waals surface area (Å²) in [6, 6.07) is 0. The summed E-state index contributed by atoms with van der Waals surface area (Å²) in [6.45, 7) is 4.80. The average Bonchev–Trinajstić information content (AvgIpc) is 3.33. The topological polar surface area (TPSA) is 79.4 Å². The Morgan fingerprint density at radius 2 is 2.14 bits per heavy atom. The number of amides is 3. The Hall–Kier alpha value is -1.97. The van der Waals surface area contributed by atoms with E-state index < -0.39 is 0 Å². The van der Waals surface area contributed by atoms with Crippen LogP contribution in [0.5, 0.6) is 0 Å². The quantitative estimate of drug-likeness (QED) is 0.715. The van der Waals surface area contributed by atoms with E-state index in [0.29, 0.717) is 38.2 Å². The molecule has 0 spiro atoms. The Morgan fingerprint density at radius 3 is 2.86 bits per heavy atom. The highest BCUT2D eigenvalue weighted by Gasteiger charge is 2.36. The lowest BCUT2D eigenvalue weighted by molar-refractivity contribution is -0.138. The summed E-state index contributed by atoms with van der Waals surface area (Å²) in [4.78, 5) is 44.0. The summed E-state index contributed by atoms with van der Waals surface area (Å²) in [5, 5.41) is 0.723. The van der Waals surface area contributed by atoms with Gasteiger partial charge in [-0.3, -0.25) is 14.4 Å². The molecule has 0 saturated carbocycles. The molecule has 0 radical (unpaired) electrons. The zero-order chi connectivity index (χ0) is 20.5. The van der Waals surface area contributed by atoms with Gasteiger partial charge < -0.3 is 24.2 Å². The number of fused-ring (bicyclic) bond motifs is 3. The van der Waals surface area contributed by atoms with Crippen LogP contribution < -0.4 is 4.90 Å². The molecule has 4 heterocycles. The lowest BCUT2D eigenvalue weighted by Gasteiger charge is -2.27. The molecule has 9 heteroatoms. The van der Waals surface area contributed by atoms with Gasteiger partial charge in [0.05, 0.1) is 24.8 Å². The fraction of sp³-hybridized carbons (Fsp3) is 0.650. The predicted octanol–water partition coefficient (Wildman–Crippen LogP) is 1.27. The Labute approximate surface area is 174 Å². The molecule has 1 fully saturated rings. The second kappa shape index (κ2) is 8.41. The van der Waals surface area contributed by atoms with Crippen molar-refractivity contribution >= 4 is 34.1 Å². The van der Waals surface area contributed by atoms with Crippen LogP contribution >= 0.6 is 11.3 Å². The van der Waals surface area contributed by atoms with Gasteiger partial charge in [-0.25, -0.2) is 0 Å². The van der Waals surface area contributed by atoms with Crippen LogP contribution in [0.2, 0.25) is 0 Å². The van der Waals surface area contributed by atoms with Gasteiger partial charge in [0.1, 0.15) is 18.2 Å². The van der Waals surface area contributed by atoms with Gasteiger partial charge in [-0.05, 0) is 31.7 Å². The third-order valence-electron chi connectivity index (χ3n) is 5.74. The molecule has 3 amide bonds. The van der Waals surface area contributed by atoms with Gasteiger partial charge in [-0.2, -0.15) is 0 Å². The van der Waals surface area contributed by atoms with Crippen LogP contribution in [0.3, 0.4) is 0 Å². The van der Waals surface area contributed by atoms with Crippen molar-refractivity contribution in [1.29, 1.82) is 0 Å². The molecular weight excluding hydrogens is 394 g/mol. The molecule has 158 valence electrons. The minimum absolute atomic E-state index is 0.0432. The largest absolute Gasteiger partial charge is 0.376 e. The molecule has 1 atom stereocenters. The van der Waals surface area contributed by atoms with Crippen molar-refractivity contribution in [3.63, 3.8) is 0 Å². The first-order valence-corrected chi connectivity index (χ1v) is 11.0. The van der Waals surface area contributed by atoms with Crippen LogP contribution in [-0.4, -0.2) is 80.1 Å². The Morgan fingerprint density at radius 1 is 1.31 bits per heavy atom. The minimum atomic E-state index is -0.110. The number of thiophene rings is 1. The zero-order valence-corrected chi connectivity index (χ0v) is 17.8. The first-order chi connectivity index (χ1) is 14.0. The van der Waals surface area contributed by atoms with Gasteiger partial charge >= 0.3 is 0 Å². The summed E-state index contributed by atoms with van der Waals surface area (Å²) >= 11 is 1.46. The van der Waals surface area contributed by atoms with Crippen molar-refractivity contribution in [2.24, 2.45) is 0 Å². The first-order valence-electron chi connectivity index (χ1n) is 10.2. The zero-order valence-electron chi connectivity index (χ0n) is 16.9. The molecule has 0 aromatic carbocycles. The van der Waals surface area contributed by atoms with Gasteiger partial charge in [0.2, 0.25) is 11.8 Å². The number of nitrogens with zero attached hydrogens (tertiary/aromatic N) is 3. The molecule has 29 heavy (non-hydrogen) atoms. The van der Waals surface area contributed by atoms with Crippen molar-refractivity contribution in [1.82, 2.24) is 9.80 Å². The van der Waals surface area contributed by atoms with Crippen LogP contribution in [0.1, 0.15) is 40.6 Å². The molecule has 1 saturated heterocycles. The normalized spacial score (nSPS) is 22.0. The van der Waals surface area contributed by atoms with E-state index in [4.69, 9.17) is 9.47 Å². The molecule has 0 aliphatic carbocycles. The molecule has 8 nitrogen and oxygen atoms in total. The monoisotopic (exact) mass is 421 g/mol. The summed E-state index contributed by atoms with van der Waals surface area (Å²) < 4.78 is 11.1. The highest BCUT2D eigenvalue weighted by atomic mass is 32.1. The molecule has 0 bridgehead atoms. The number of anilines is 1. The van der Waals surface area contributed by atoms with Crippen molar-refractivity contribution in [3.05, 3.63) is 16.0 Å².